The number of nitrogens with zero attached hydrogens (tertiary/aromatic N) is 1. The number of pyridine rings is 1. The zero-order chi connectivity index (χ0) is 14.1. The monoisotopic (exact) mass is 283 g/mol. The highest BCUT2D eigenvalue weighted by molar-refractivity contribution is 6.31. The number of aromatic nitrogens is 1. The number of halogens is 1. The van der Waals surface area contributed by atoms with E-state index >= 15 is 0 Å². The summed E-state index contributed by atoms with van der Waals surface area (Å²) in [6.07, 6.45) is 3.56. The Bertz CT molecular complexity index is 784. The number of fused-ring (bicyclic) bond motifs is 1. The molecule has 2 aromatic carbocycles. The van der Waals surface area contributed by atoms with Gasteiger partial charge >= 0.3 is 0 Å². The molecule has 3 N–H and O–H groups in total. The number of rotatable bonds is 2. The maximum atomic E-state index is 6.15. The number of nitrogens with two attached hydrogens (primary N) is 1. The van der Waals surface area contributed by atoms with Gasteiger partial charge in [0.15, 0.2) is 0 Å². The molecule has 3 rings (SSSR count). The molecule has 0 aliphatic heterocycles. The van der Waals surface area contributed by atoms with Gasteiger partial charge < -0.3 is 11.1 Å². The van der Waals surface area contributed by atoms with E-state index < -0.39 is 0 Å². The summed E-state index contributed by atoms with van der Waals surface area (Å²) in [6, 6.07) is 11.6. The fourth-order valence-electron chi connectivity index (χ4n) is 2.21. The number of benzene rings is 2. The summed E-state index contributed by atoms with van der Waals surface area (Å²) in [7, 11) is 0. The van der Waals surface area contributed by atoms with Crippen molar-refractivity contribution in [3.63, 3.8) is 0 Å². The van der Waals surface area contributed by atoms with Gasteiger partial charge in [-0.25, -0.2) is 0 Å². The summed E-state index contributed by atoms with van der Waals surface area (Å²) in [5.74, 6) is 0. The Morgan fingerprint density at radius 2 is 1.90 bits per heavy atom. The van der Waals surface area contributed by atoms with Crippen molar-refractivity contribution in [3.8, 4) is 0 Å². The molecule has 0 bridgehead atoms. The van der Waals surface area contributed by atoms with Crippen molar-refractivity contribution in [2.45, 2.75) is 6.92 Å². The van der Waals surface area contributed by atoms with Crippen LogP contribution in [0.1, 0.15) is 5.56 Å². The van der Waals surface area contributed by atoms with E-state index in [1.54, 1.807) is 6.20 Å². The predicted molar refractivity (Wildman–Crippen MR) is 85.6 cm³/mol. The van der Waals surface area contributed by atoms with E-state index in [2.05, 4.69) is 10.3 Å². The molecule has 0 saturated carbocycles. The Morgan fingerprint density at radius 3 is 2.75 bits per heavy atom. The van der Waals surface area contributed by atoms with E-state index in [9.17, 15) is 0 Å². The Morgan fingerprint density at radius 1 is 1.05 bits per heavy atom. The van der Waals surface area contributed by atoms with Crippen LogP contribution in [0.25, 0.3) is 10.8 Å². The summed E-state index contributed by atoms with van der Waals surface area (Å²) in [5.41, 5.74) is 9.70. The molecule has 20 heavy (non-hydrogen) atoms. The highest BCUT2D eigenvalue weighted by atomic mass is 35.5. The Kier molecular flexibility index (Phi) is 3.20. The highest BCUT2D eigenvalue weighted by Crippen LogP contribution is 2.32. The fourth-order valence-corrected chi connectivity index (χ4v) is 2.38. The first-order chi connectivity index (χ1) is 9.66. The first-order valence-corrected chi connectivity index (χ1v) is 6.69. The minimum absolute atomic E-state index is 0.743. The third-order valence-electron chi connectivity index (χ3n) is 3.39. The number of nitrogen functional groups attached to an aromatic ring is 1. The lowest BCUT2D eigenvalue weighted by Crippen LogP contribution is -1.96. The second kappa shape index (κ2) is 5.02. The lowest BCUT2D eigenvalue weighted by Gasteiger charge is -2.13. The van der Waals surface area contributed by atoms with Crippen LogP contribution in [0.4, 0.5) is 17.1 Å². The third kappa shape index (κ3) is 2.17. The Balaban J connectivity index is 2.12. The third-order valence-corrected chi connectivity index (χ3v) is 3.80. The molecule has 0 amide bonds. The zero-order valence-corrected chi connectivity index (χ0v) is 11.8. The van der Waals surface area contributed by atoms with Crippen molar-refractivity contribution < 1.29 is 0 Å². The minimum Gasteiger partial charge on any atom is -0.398 e. The van der Waals surface area contributed by atoms with Gasteiger partial charge in [0.1, 0.15) is 0 Å². The number of hydrogen-bond acceptors (Lipinski definition) is 3. The Hall–Kier alpha value is -2.26. The first kappa shape index (κ1) is 12.8. The van der Waals surface area contributed by atoms with E-state index in [-0.39, 0.29) is 0 Å². The molecule has 0 aliphatic rings. The normalized spacial score (nSPS) is 10.7. The van der Waals surface area contributed by atoms with E-state index in [1.807, 2.05) is 49.5 Å². The van der Waals surface area contributed by atoms with Crippen LogP contribution < -0.4 is 11.1 Å². The molecule has 1 heterocycles. The molecule has 0 unspecified atom stereocenters. The van der Waals surface area contributed by atoms with Crippen LogP contribution >= 0.6 is 11.6 Å². The summed E-state index contributed by atoms with van der Waals surface area (Å²) in [5, 5.41) is 6.13. The van der Waals surface area contributed by atoms with Crippen molar-refractivity contribution in [2.24, 2.45) is 0 Å². The van der Waals surface area contributed by atoms with Crippen LogP contribution in [0.15, 0.2) is 48.8 Å². The predicted octanol–water partition coefficient (Wildman–Crippen LogP) is 4.52. The van der Waals surface area contributed by atoms with Crippen LogP contribution in [0.2, 0.25) is 5.02 Å². The van der Waals surface area contributed by atoms with Crippen molar-refractivity contribution >= 4 is 39.4 Å². The topological polar surface area (TPSA) is 50.9 Å². The van der Waals surface area contributed by atoms with Crippen LogP contribution in [-0.4, -0.2) is 4.98 Å². The van der Waals surface area contributed by atoms with E-state index in [1.165, 1.54) is 0 Å². The van der Waals surface area contributed by atoms with Gasteiger partial charge in [0.05, 0.1) is 0 Å². The molecule has 3 aromatic rings. The standard InChI is InChI=1S/C16H14ClN3/c1-10-13(17)3-2-4-15(10)20-16-6-5-14(18)11-7-8-19-9-12(11)16/h2-9,20H,18H2,1H3. The van der Waals surface area contributed by atoms with Gasteiger partial charge in [0.25, 0.3) is 0 Å². The molecule has 0 spiro atoms. The van der Waals surface area contributed by atoms with Gasteiger partial charge in [-0.15, -0.1) is 0 Å². The van der Waals surface area contributed by atoms with E-state index in [4.69, 9.17) is 17.3 Å². The van der Waals surface area contributed by atoms with Crippen molar-refractivity contribution in [2.75, 3.05) is 11.1 Å². The molecular formula is C16H14ClN3. The largest absolute Gasteiger partial charge is 0.398 e. The molecular weight excluding hydrogens is 270 g/mol. The van der Waals surface area contributed by atoms with Gasteiger partial charge in [-0.1, -0.05) is 17.7 Å². The highest BCUT2D eigenvalue weighted by Gasteiger charge is 2.07. The summed E-state index contributed by atoms with van der Waals surface area (Å²) in [6.45, 7) is 1.99. The second-order valence-corrected chi connectivity index (χ2v) is 5.07. The molecule has 0 fully saturated rings. The number of hydrogen-bond donors (Lipinski definition) is 2. The molecule has 4 heteroatoms. The summed E-state index contributed by atoms with van der Waals surface area (Å²) in [4.78, 5) is 4.17. The first-order valence-electron chi connectivity index (χ1n) is 6.31. The maximum Gasteiger partial charge on any atom is 0.0481 e. The molecule has 1 aromatic heterocycles. The smallest absolute Gasteiger partial charge is 0.0481 e. The van der Waals surface area contributed by atoms with E-state index in [0.29, 0.717) is 0 Å². The maximum absolute atomic E-state index is 6.15. The molecule has 0 saturated heterocycles. The number of anilines is 3. The lowest BCUT2D eigenvalue weighted by molar-refractivity contribution is 1.36. The van der Waals surface area contributed by atoms with Crippen LogP contribution in [-0.2, 0) is 0 Å². The lowest BCUT2D eigenvalue weighted by atomic mass is 10.1. The molecule has 0 aliphatic carbocycles. The summed E-state index contributed by atoms with van der Waals surface area (Å²) < 4.78 is 0. The molecule has 0 radical (unpaired) electrons. The quantitative estimate of drug-likeness (QED) is 0.680. The minimum atomic E-state index is 0.743. The molecule has 0 atom stereocenters. The average molecular weight is 284 g/mol. The second-order valence-electron chi connectivity index (χ2n) is 4.66. The van der Waals surface area contributed by atoms with E-state index in [0.717, 1.165) is 38.4 Å². The fraction of sp³-hybridized carbons (Fsp3) is 0.0625. The summed E-state index contributed by atoms with van der Waals surface area (Å²) >= 11 is 6.15. The van der Waals surface area contributed by atoms with Gasteiger partial charge in [-0.05, 0) is 42.8 Å². The van der Waals surface area contributed by atoms with Crippen molar-refractivity contribution in [1.29, 1.82) is 0 Å². The van der Waals surface area contributed by atoms with Crippen LogP contribution in [0, 0.1) is 6.92 Å². The van der Waals surface area contributed by atoms with Crippen LogP contribution in [0.3, 0.4) is 0 Å². The Labute approximate surface area is 122 Å². The van der Waals surface area contributed by atoms with Crippen LogP contribution in [0.5, 0.6) is 0 Å². The average Bonchev–Trinajstić information content (AvgIpc) is 2.47. The molecule has 100 valence electrons. The zero-order valence-electron chi connectivity index (χ0n) is 11.0. The van der Waals surface area contributed by atoms with Gasteiger partial charge in [-0.3, -0.25) is 4.98 Å². The van der Waals surface area contributed by atoms with Crippen molar-refractivity contribution in [1.82, 2.24) is 4.98 Å². The SMILES string of the molecule is Cc1c(Cl)cccc1Nc1ccc(N)c2ccncc12. The van der Waals surface area contributed by atoms with Gasteiger partial charge in [0.2, 0.25) is 0 Å². The van der Waals surface area contributed by atoms with Gasteiger partial charge in [0, 0.05) is 45.3 Å². The van der Waals surface area contributed by atoms with Gasteiger partial charge in [-0.2, -0.15) is 0 Å². The number of nitrogens with one attached hydrogen (secondary N) is 1. The van der Waals surface area contributed by atoms with Crippen molar-refractivity contribution in [3.05, 3.63) is 59.4 Å². The molecule has 3 nitrogen and oxygen atoms in total.